The second-order valence-electron chi connectivity index (χ2n) is 3.70. The van der Waals surface area contributed by atoms with Crippen LogP contribution in [0.3, 0.4) is 0 Å². The van der Waals surface area contributed by atoms with Crippen LogP contribution in [0, 0.1) is 0 Å². The van der Waals surface area contributed by atoms with Gasteiger partial charge in [-0.25, -0.2) is 0 Å². The molecule has 0 saturated carbocycles. The Kier molecular flexibility index (Phi) is 5.14. The molecular formula is C11H14F3N3O3. The number of carbonyl (C=O) groups excluding carboxylic acids is 1. The molecule has 0 aliphatic rings. The lowest BCUT2D eigenvalue weighted by Crippen LogP contribution is -2.22. The highest BCUT2D eigenvalue weighted by molar-refractivity contribution is 5.73. The number of halogens is 3. The summed E-state index contributed by atoms with van der Waals surface area (Å²) in [6, 6.07) is 0. The van der Waals surface area contributed by atoms with Crippen LogP contribution in [0.2, 0.25) is 0 Å². The molecule has 20 heavy (non-hydrogen) atoms. The number of anilines is 1. The second kappa shape index (κ2) is 6.42. The van der Waals surface area contributed by atoms with Crippen molar-refractivity contribution in [3.63, 3.8) is 0 Å². The first-order chi connectivity index (χ1) is 9.28. The predicted molar refractivity (Wildman–Crippen MR) is 63.6 cm³/mol. The molecule has 0 aliphatic carbocycles. The van der Waals surface area contributed by atoms with E-state index < -0.39 is 24.5 Å². The largest absolute Gasteiger partial charge is 0.573 e. The molecule has 0 aromatic carbocycles. The maximum atomic E-state index is 12.4. The molecule has 0 bridgehead atoms. The summed E-state index contributed by atoms with van der Waals surface area (Å²) in [5.41, 5.74) is 10.5. The lowest BCUT2D eigenvalue weighted by molar-refractivity contribution is -0.275. The quantitative estimate of drug-likeness (QED) is 0.789. The first-order valence-electron chi connectivity index (χ1n) is 5.66. The molecule has 1 aromatic heterocycles. The Labute approximate surface area is 112 Å². The van der Waals surface area contributed by atoms with Gasteiger partial charge in [0, 0.05) is 12.1 Å². The average molecular weight is 293 g/mol. The van der Waals surface area contributed by atoms with Crippen molar-refractivity contribution in [3.8, 4) is 5.75 Å². The summed E-state index contributed by atoms with van der Waals surface area (Å²) in [6.45, 7) is 1.40. The fraction of sp³-hybridized carbons (Fsp3) is 0.455. The minimum Gasteiger partial charge on any atom is -0.466 e. The number of aromatic nitrogens is 1. The van der Waals surface area contributed by atoms with Crippen molar-refractivity contribution in [2.75, 3.05) is 12.3 Å². The molecule has 0 spiro atoms. The number of pyridine rings is 1. The monoisotopic (exact) mass is 293 g/mol. The van der Waals surface area contributed by atoms with Crippen molar-refractivity contribution >= 4 is 11.7 Å². The molecule has 0 aliphatic heterocycles. The average Bonchev–Trinajstić information content (AvgIpc) is 2.31. The van der Waals surface area contributed by atoms with Crippen LogP contribution >= 0.6 is 0 Å². The predicted octanol–water partition coefficient (Wildman–Crippen LogP) is 1.13. The van der Waals surface area contributed by atoms with E-state index in [0.29, 0.717) is 0 Å². The van der Waals surface area contributed by atoms with Gasteiger partial charge in [-0.15, -0.1) is 13.2 Å². The number of nitrogens with zero attached hydrogens (tertiary/aromatic N) is 1. The fourth-order valence-electron chi connectivity index (χ4n) is 1.51. The second-order valence-corrected chi connectivity index (χ2v) is 3.70. The van der Waals surface area contributed by atoms with Crippen LogP contribution < -0.4 is 16.2 Å². The van der Waals surface area contributed by atoms with E-state index in [-0.39, 0.29) is 30.1 Å². The van der Waals surface area contributed by atoms with E-state index in [2.05, 4.69) is 14.5 Å². The molecule has 1 rings (SSSR count). The molecule has 0 radical (unpaired) electrons. The van der Waals surface area contributed by atoms with Crippen LogP contribution in [0.5, 0.6) is 5.75 Å². The minimum atomic E-state index is -4.94. The Morgan fingerprint density at radius 3 is 2.60 bits per heavy atom. The molecule has 0 amide bonds. The van der Waals surface area contributed by atoms with Gasteiger partial charge < -0.3 is 20.9 Å². The van der Waals surface area contributed by atoms with E-state index in [0.717, 1.165) is 6.20 Å². The summed E-state index contributed by atoms with van der Waals surface area (Å²) < 4.78 is 45.8. The fourth-order valence-corrected chi connectivity index (χ4v) is 1.51. The first kappa shape index (κ1) is 16.0. The number of nitrogens with two attached hydrogens (primary N) is 2. The molecule has 1 aromatic rings. The molecule has 4 N–H and O–H groups in total. The lowest BCUT2D eigenvalue weighted by Gasteiger charge is -2.17. The molecular weight excluding hydrogens is 279 g/mol. The zero-order chi connectivity index (χ0) is 15.3. The number of hydrogen-bond donors (Lipinski definition) is 2. The smallest absolute Gasteiger partial charge is 0.466 e. The number of carbonyl (C=O) groups is 1. The zero-order valence-electron chi connectivity index (χ0n) is 10.7. The minimum absolute atomic E-state index is 0.0423. The van der Waals surface area contributed by atoms with Crippen LogP contribution in [0.4, 0.5) is 18.9 Å². The van der Waals surface area contributed by atoms with Crippen molar-refractivity contribution in [1.29, 1.82) is 0 Å². The Morgan fingerprint density at radius 1 is 1.45 bits per heavy atom. The van der Waals surface area contributed by atoms with Crippen LogP contribution in [-0.2, 0) is 22.5 Å². The van der Waals surface area contributed by atoms with Gasteiger partial charge in [-0.3, -0.25) is 9.78 Å². The Bertz CT molecular complexity index is 492. The van der Waals surface area contributed by atoms with E-state index in [4.69, 9.17) is 11.5 Å². The van der Waals surface area contributed by atoms with Gasteiger partial charge in [0.05, 0.1) is 30.6 Å². The van der Waals surface area contributed by atoms with Crippen LogP contribution in [0.25, 0.3) is 0 Å². The Morgan fingerprint density at radius 2 is 2.10 bits per heavy atom. The first-order valence-corrected chi connectivity index (χ1v) is 5.66. The molecule has 0 saturated heterocycles. The maximum absolute atomic E-state index is 12.4. The summed E-state index contributed by atoms with van der Waals surface area (Å²) in [5, 5.41) is 0. The van der Waals surface area contributed by atoms with Crippen molar-refractivity contribution in [2.45, 2.75) is 26.3 Å². The van der Waals surface area contributed by atoms with Gasteiger partial charge in [-0.05, 0) is 6.92 Å². The van der Waals surface area contributed by atoms with Crippen LogP contribution in [0.15, 0.2) is 6.20 Å². The number of hydrogen-bond acceptors (Lipinski definition) is 6. The Balaban J connectivity index is 3.18. The lowest BCUT2D eigenvalue weighted by atomic mass is 10.1. The highest BCUT2D eigenvalue weighted by atomic mass is 19.4. The maximum Gasteiger partial charge on any atom is 0.573 e. The van der Waals surface area contributed by atoms with Gasteiger partial charge in [-0.2, -0.15) is 0 Å². The molecule has 0 unspecified atom stereocenters. The van der Waals surface area contributed by atoms with Crippen LogP contribution in [-0.4, -0.2) is 23.9 Å². The van der Waals surface area contributed by atoms with Gasteiger partial charge >= 0.3 is 12.3 Å². The number of alkyl halides is 3. The third-order valence-electron chi connectivity index (χ3n) is 2.28. The number of esters is 1. The van der Waals surface area contributed by atoms with E-state index in [1.54, 1.807) is 6.92 Å². The van der Waals surface area contributed by atoms with Gasteiger partial charge in [0.15, 0.2) is 5.75 Å². The summed E-state index contributed by atoms with van der Waals surface area (Å²) in [4.78, 5) is 15.0. The Hall–Kier alpha value is -2.03. The summed E-state index contributed by atoms with van der Waals surface area (Å²) >= 11 is 0. The van der Waals surface area contributed by atoms with Gasteiger partial charge in [-0.1, -0.05) is 0 Å². The van der Waals surface area contributed by atoms with Gasteiger partial charge in [0.2, 0.25) is 0 Å². The van der Waals surface area contributed by atoms with E-state index >= 15 is 0 Å². The summed E-state index contributed by atoms with van der Waals surface area (Å²) in [5.74, 6) is -1.37. The molecule has 0 fully saturated rings. The van der Waals surface area contributed by atoms with Gasteiger partial charge in [0.1, 0.15) is 0 Å². The highest BCUT2D eigenvalue weighted by Crippen LogP contribution is 2.32. The third kappa shape index (κ3) is 4.26. The van der Waals surface area contributed by atoms with Crippen molar-refractivity contribution < 1.29 is 27.4 Å². The van der Waals surface area contributed by atoms with Crippen molar-refractivity contribution in [1.82, 2.24) is 4.98 Å². The van der Waals surface area contributed by atoms with E-state index in [9.17, 15) is 18.0 Å². The van der Waals surface area contributed by atoms with Crippen molar-refractivity contribution in [3.05, 3.63) is 17.5 Å². The van der Waals surface area contributed by atoms with E-state index in [1.165, 1.54) is 0 Å². The van der Waals surface area contributed by atoms with Crippen molar-refractivity contribution in [2.24, 2.45) is 5.73 Å². The zero-order valence-corrected chi connectivity index (χ0v) is 10.7. The summed E-state index contributed by atoms with van der Waals surface area (Å²) in [6.07, 6.45) is -4.28. The summed E-state index contributed by atoms with van der Waals surface area (Å²) in [7, 11) is 0. The standard InChI is InChI=1S/C11H14F3N3O3/c1-2-19-9(18)3-8-10(20-11(12,13)14)6(4-15)7(16)5-17-8/h5H,2-4,15-16H2,1H3. The normalized spacial score (nSPS) is 11.2. The molecule has 9 heteroatoms. The SMILES string of the molecule is CCOC(=O)Cc1ncc(N)c(CN)c1OC(F)(F)F. The molecule has 0 atom stereocenters. The number of rotatable bonds is 5. The van der Waals surface area contributed by atoms with Gasteiger partial charge in [0.25, 0.3) is 0 Å². The van der Waals surface area contributed by atoms with E-state index in [1.807, 2.05) is 0 Å². The molecule has 112 valence electrons. The number of nitrogen functional groups attached to an aromatic ring is 1. The molecule has 6 nitrogen and oxygen atoms in total. The molecule has 1 heterocycles. The topological polar surface area (TPSA) is 100 Å². The number of ether oxygens (including phenoxy) is 2. The third-order valence-corrected chi connectivity index (χ3v) is 2.28. The highest BCUT2D eigenvalue weighted by Gasteiger charge is 2.34. The van der Waals surface area contributed by atoms with Crippen LogP contribution in [0.1, 0.15) is 18.2 Å².